The molecule has 1 aromatic heterocycles. The van der Waals surface area contributed by atoms with Crippen LogP contribution in [0.1, 0.15) is 29.7 Å². The number of nitrogens with zero attached hydrogens (tertiary/aromatic N) is 3. The number of alkyl halides is 3. The monoisotopic (exact) mass is 555 g/mol. The molecule has 2 heterocycles. The number of aliphatic imine (C=N–C) groups is 1. The topological polar surface area (TPSA) is 86.7 Å². The van der Waals surface area contributed by atoms with Crippen molar-refractivity contribution in [1.82, 2.24) is 19.9 Å². The van der Waals surface area contributed by atoms with Crippen molar-refractivity contribution in [2.45, 2.75) is 38.7 Å². The van der Waals surface area contributed by atoms with Crippen LogP contribution in [-0.2, 0) is 16.6 Å². The van der Waals surface area contributed by atoms with Crippen LogP contribution in [0.2, 0.25) is 0 Å². The van der Waals surface area contributed by atoms with Gasteiger partial charge in [-0.3, -0.25) is 0 Å². The molecule has 1 aliphatic heterocycles. The summed E-state index contributed by atoms with van der Waals surface area (Å²) >= 11 is 1.57. The van der Waals surface area contributed by atoms with Crippen LogP contribution >= 0.6 is 35.3 Å². The van der Waals surface area contributed by atoms with Crippen LogP contribution in [0, 0.1) is 12.8 Å². The number of guanidine groups is 1. The first-order valence-corrected chi connectivity index (χ1v) is 10.9. The summed E-state index contributed by atoms with van der Waals surface area (Å²) in [5, 5.41) is 7.28. The molecular formula is C15H25F3IN5O2S2. The van der Waals surface area contributed by atoms with E-state index in [1.54, 1.807) is 17.5 Å². The van der Waals surface area contributed by atoms with Crippen molar-refractivity contribution in [2.24, 2.45) is 10.9 Å². The van der Waals surface area contributed by atoms with E-state index in [9.17, 15) is 21.6 Å². The largest absolute Gasteiger partial charge is 0.511 e. The van der Waals surface area contributed by atoms with Crippen molar-refractivity contribution in [1.29, 1.82) is 0 Å². The number of halogens is 4. The zero-order valence-corrected chi connectivity index (χ0v) is 19.6. The van der Waals surface area contributed by atoms with Gasteiger partial charge in [0.05, 0.1) is 11.6 Å². The Hall–Kier alpha value is -0.670. The van der Waals surface area contributed by atoms with E-state index in [2.05, 4.69) is 20.6 Å². The van der Waals surface area contributed by atoms with Crippen molar-refractivity contribution in [3.63, 3.8) is 0 Å². The number of aryl methyl sites for hydroxylation is 1. The lowest BCUT2D eigenvalue weighted by atomic mass is 9.98. The van der Waals surface area contributed by atoms with E-state index >= 15 is 0 Å². The van der Waals surface area contributed by atoms with Gasteiger partial charge in [0.25, 0.3) is 0 Å². The van der Waals surface area contributed by atoms with Crippen molar-refractivity contribution >= 4 is 51.3 Å². The first-order chi connectivity index (χ1) is 12.6. The summed E-state index contributed by atoms with van der Waals surface area (Å²) in [6, 6.07) is 0. The summed E-state index contributed by atoms with van der Waals surface area (Å²) in [7, 11) is -5.23. The zero-order chi connectivity index (χ0) is 20.1. The van der Waals surface area contributed by atoms with Gasteiger partial charge in [0, 0.05) is 37.3 Å². The number of nitrogens with one attached hydrogen (secondary N) is 2. The van der Waals surface area contributed by atoms with Gasteiger partial charge in [-0.1, -0.05) is 0 Å². The van der Waals surface area contributed by atoms with Gasteiger partial charge < -0.3 is 10.6 Å². The Labute approximate surface area is 184 Å². The van der Waals surface area contributed by atoms with Crippen LogP contribution in [0.5, 0.6) is 0 Å². The highest BCUT2D eigenvalue weighted by molar-refractivity contribution is 14.0. The molecule has 0 atom stereocenters. The van der Waals surface area contributed by atoms with E-state index in [0.717, 1.165) is 9.88 Å². The van der Waals surface area contributed by atoms with E-state index in [-0.39, 0.29) is 43.0 Å². The van der Waals surface area contributed by atoms with Crippen molar-refractivity contribution in [2.75, 3.05) is 26.2 Å². The van der Waals surface area contributed by atoms with Gasteiger partial charge in [0.15, 0.2) is 5.96 Å². The van der Waals surface area contributed by atoms with Gasteiger partial charge in [-0.25, -0.2) is 18.4 Å². The van der Waals surface area contributed by atoms with Crippen LogP contribution in [-0.4, -0.2) is 55.4 Å². The highest BCUT2D eigenvalue weighted by atomic mass is 127. The van der Waals surface area contributed by atoms with Gasteiger partial charge in [-0.15, -0.1) is 35.3 Å². The van der Waals surface area contributed by atoms with Crippen LogP contribution in [0.15, 0.2) is 11.2 Å². The fourth-order valence-corrected chi connectivity index (χ4v) is 4.42. The molecule has 1 saturated heterocycles. The van der Waals surface area contributed by atoms with Crippen LogP contribution in [0.4, 0.5) is 13.2 Å². The lowest BCUT2D eigenvalue weighted by molar-refractivity contribution is -0.0496. The summed E-state index contributed by atoms with van der Waals surface area (Å²) in [6.07, 6.45) is 2.52. The highest BCUT2D eigenvalue weighted by Gasteiger charge is 2.50. The average Bonchev–Trinajstić information content (AvgIpc) is 3.02. The molecule has 2 N–H and O–H groups in total. The van der Waals surface area contributed by atoms with E-state index in [1.807, 2.05) is 13.8 Å². The molecule has 0 amide bonds. The maximum absolute atomic E-state index is 12.6. The second-order valence-corrected chi connectivity index (χ2v) is 9.46. The Kier molecular flexibility index (Phi) is 9.89. The third kappa shape index (κ3) is 6.99. The molecule has 7 nitrogen and oxygen atoms in total. The number of rotatable bonds is 6. The number of aromatic nitrogens is 1. The molecule has 2 rings (SSSR count). The van der Waals surface area contributed by atoms with Gasteiger partial charge in [0.1, 0.15) is 0 Å². The maximum atomic E-state index is 12.6. The third-order valence-corrected chi connectivity index (χ3v) is 6.70. The molecule has 1 fully saturated rings. The second kappa shape index (κ2) is 10.9. The van der Waals surface area contributed by atoms with E-state index in [4.69, 9.17) is 0 Å². The molecule has 1 aromatic rings. The summed E-state index contributed by atoms with van der Waals surface area (Å²) in [6.45, 7) is 5.30. The van der Waals surface area contributed by atoms with E-state index in [1.165, 1.54) is 0 Å². The van der Waals surface area contributed by atoms with Gasteiger partial charge in [-0.05, 0) is 32.6 Å². The van der Waals surface area contributed by atoms with Crippen LogP contribution in [0.3, 0.4) is 0 Å². The standard InChI is InChI=1S/C15H24F3N5O2S2.HI/c1-3-19-14(22-10-13-9-20-11(2)26-13)21-8-12-4-6-23(7-5-12)27(24,25)15(16,17)18;/h9,12H,3-8,10H2,1-2H3,(H2,19,21,22);1H. The second-order valence-electron chi connectivity index (χ2n) is 6.21. The summed E-state index contributed by atoms with van der Waals surface area (Å²) in [5.74, 6) is 0.702. The molecule has 28 heavy (non-hydrogen) atoms. The normalized spacial score (nSPS) is 17.2. The molecule has 0 bridgehead atoms. The first-order valence-electron chi connectivity index (χ1n) is 8.63. The number of hydrogen-bond donors (Lipinski definition) is 2. The fraction of sp³-hybridized carbons (Fsp3) is 0.733. The van der Waals surface area contributed by atoms with Gasteiger partial charge in [-0.2, -0.15) is 17.5 Å². The Morgan fingerprint density at radius 1 is 1.36 bits per heavy atom. The molecule has 0 spiro atoms. The Balaban J connectivity index is 0.00000392. The average molecular weight is 555 g/mol. The molecule has 13 heteroatoms. The van der Waals surface area contributed by atoms with Crippen LogP contribution < -0.4 is 10.6 Å². The molecule has 0 aromatic carbocycles. The summed E-state index contributed by atoms with van der Waals surface area (Å²) in [4.78, 5) is 9.69. The number of hydrogen-bond acceptors (Lipinski definition) is 5. The van der Waals surface area contributed by atoms with Gasteiger partial charge in [0.2, 0.25) is 0 Å². The number of sulfonamides is 1. The Morgan fingerprint density at radius 3 is 2.50 bits per heavy atom. The van der Waals surface area contributed by atoms with Crippen LogP contribution in [0.25, 0.3) is 0 Å². The summed E-state index contributed by atoms with van der Waals surface area (Å²) in [5.41, 5.74) is -5.24. The van der Waals surface area contributed by atoms with Crippen molar-refractivity contribution in [3.8, 4) is 0 Å². The lowest BCUT2D eigenvalue weighted by Crippen LogP contribution is -2.47. The highest BCUT2D eigenvalue weighted by Crippen LogP contribution is 2.30. The molecule has 1 aliphatic rings. The van der Waals surface area contributed by atoms with E-state index in [0.29, 0.717) is 42.7 Å². The Bertz CT molecular complexity index is 747. The third-order valence-electron chi connectivity index (χ3n) is 4.17. The molecular weight excluding hydrogens is 530 g/mol. The minimum absolute atomic E-state index is 0. The van der Waals surface area contributed by atoms with Crippen molar-refractivity contribution < 1.29 is 21.6 Å². The molecule has 0 unspecified atom stereocenters. The predicted octanol–water partition coefficient (Wildman–Crippen LogP) is 2.69. The first kappa shape index (κ1) is 25.4. The number of piperidine rings is 1. The smallest absolute Gasteiger partial charge is 0.357 e. The minimum atomic E-state index is -5.24. The predicted molar refractivity (Wildman–Crippen MR) is 114 cm³/mol. The van der Waals surface area contributed by atoms with E-state index < -0.39 is 15.5 Å². The van der Waals surface area contributed by atoms with Crippen molar-refractivity contribution in [3.05, 3.63) is 16.1 Å². The zero-order valence-electron chi connectivity index (χ0n) is 15.6. The number of thiazole rings is 1. The Morgan fingerprint density at radius 2 is 2.00 bits per heavy atom. The lowest BCUT2D eigenvalue weighted by Gasteiger charge is -2.31. The molecule has 162 valence electrons. The quantitative estimate of drug-likeness (QED) is 0.321. The molecule has 0 radical (unpaired) electrons. The molecule has 0 saturated carbocycles. The van der Waals surface area contributed by atoms with Gasteiger partial charge >= 0.3 is 15.5 Å². The molecule has 0 aliphatic carbocycles. The minimum Gasteiger partial charge on any atom is -0.357 e. The SMILES string of the molecule is CCNC(=NCc1cnc(C)s1)NCC1CCN(S(=O)(=O)C(F)(F)F)CC1.I. The fourth-order valence-electron chi connectivity index (χ4n) is 2.72. The summed E-state index contributed by atoms with van der Waals surface area (Å²) < 4.78 is 61.2. The maximum Gasteiger partial charge on any atom is 0.511 e.